The fourth-order valence-electron chi connectivity index (χ4n) is 0.406. The van der Waals surface area contributed by atoms with Crippen LogP contribution < -0.4 is 0 Å². The normalized spacial score (nSPS) is 32.5. The van der Waals surface area contributed by atoms with Gasteiger partial charge in [0.25, 0.3) is 0 Å². The van der Waals surface area contributed by atoms with E-state index in [2.05, 4.69) is 15.9 Å². The largest absolute Gasteiger partial charge is 0.377 e. The zero-order valence-corrected chi connectivity index (χ0v) is 5.07. The zero-order chi connectivity index (χ0) is 4.41. The van der Waals surface area contributed by atoms with Crippen molar-refractivity contribution in [3.8, 4) is 0 Å². The summed E-state index contributed by atoms with van der Waals surface area (Å²) < 4.78 is 5.03. The van der Waals surface area contributed by atoms with Crippen molar-refractivity contribution < 1.29 is 4.74 Å². The number of hydrogen-bond acceptors (Lipinski definition) is 1. The molecule has 0 amide bonds. The van der Waals surface area contributed by atoms with Crippen LogP contribution in [0.25, 0.3) is 0 Å². The highest BCUT2D eigenvalue weighted by atomic mass is 79.9. The van der Waals surface area contributed by atoms with Crippen LogP contribution in [0.15, 0.2) is 0 Å². The van der Waals surface area contributed by atoms with Crippen molar-refractivity contribution in [1.29, 1.82) is 0 Å². The van der Waals surface area contributed by atoms with Gasteiger partial charge in [0.2, 0.25) is 0 Å². The van der Waals surface area contributed by atoms with E-state index >= 15 is 0 Å². The Morgan fingerprint density at radius 1 is 1.83 bits per heavy atom. The Balaban J connectivity index is 2.01. The molecule has 0 spiro atoms. The van der Waals surface area contributed by atoms with E-state index in [1.165, 1.54) is 6.42 Å². The van der Waals surface area contributed by atoms with Gasteiger partial charge in [-0.1, -0.05) is 15.9 Å². The molecule has 1 nitrogen and oxygen atoms in total. The van der Waals surface area contributed by atoms with E-state index in [1.807, 2.05) is 0 Å². The topological polar surface area (TPSA) is 9.23 Å². The maximum Gasteiger partial charge on any atom is 0.0693 e. The molecular weight excluding hydrogens is 144 g/mol. The minimum absolute atomic E-state index is 0.532. The molecule has 1 aliphatic heterocycles. The summed E-state index contributed by atoms with van der Waals surface area (Å²) in [5.41, 5.74) is 0. The van der Waals surface area contributed by atoms with E-state index in [0.717, 1.165) is 11.9 Å². The van der Waals surface area contributed by atoms with Gasteiger partial charge in [0.05, 0.1) is 6.10 Å². The van der Waals surface area contributed by atoms with Gasteiger partial charge >= 0.3 is 0 Å². The average molecular weight is 151 g/mol. The van der Waals surface area contributed by atoms with E-state index in [-0.39, 0.29) is 0 Å². The molecule has 1 heterocycles. The quantitative estimate of drug-likeness (QED) is 0.511. The lowest BCUT2D eigenvalue weighted by atomic mass is 10.2. The molecule has 2 heteroatoms. The molecule has 0 aliphatic carbocycles. The second-order valence-electron chi connectivity index (χ2n) is 1.44. The molecular formula is C4H7BrO. The van der Waals surface area contributed by atoms with Crippen molar-refractivity contribution >= 4 is 15.9 Å². The second-order valence-corrected chi connectivity index (χ2v) is 2.08. The third-order valence-corrected chi connectivity index (χ3v) is 1.69. The smallest absolute Gasteiger partial charge is 0.0693 e. The molecule has 1 rings (SSSR count). The molecule has 1 atom stereocenters. The number of alkyl halides is 1. The van der Waals surface area contributed by atoms with Crippen LogP contribution in [0.5, 0.6) is 0 Å². The number of hydrogen-bond donors (Lipinski definition) is 0. The van der Waals surface area contributed by atoms with Gasteiger partial charge in [0.1, 0.15) is 0 Å². The van der Waals surface area contributed by atoms with Gasteiger partial charge in [-0.3, -0.25) is 0 Å². The SMILES string of the molecule is BrCC1CCO1. The van der Waals surface area contributed by atoms with Crippen molar-refractivity contribution in [2.75, 3.05) is 11.9 Å². The highest BCUT2D eigenvalue weighted by Gasteiger charge is 2.14. The minimum Gasteiger partial charge on any atom is -0.377 e. The third-order valence-electron chi connectivity index (χ3n) is 0.965. The van der Waals surface area contributed by atoms with Gasteiger partial charge in [-0.15, -0.1) is 0 Å². The van der Waals surface area contributed by atoms with Crippen molar-refractivity contribution in [1.82, 2.24) is 0 Å². The molecule has 0 aromatic heterocycles. The summed E-state index contributed by atoms with van der Waals surface area (Å²) in [5, 5.41) is 1.01. The first-order valence-corrected chi connectivity index (χ1v) is 3.23. The van der Waals surface area contributed by atoms with Crippen molar-refractivity contribution in [3.63, 3.8) is 0 Å². The van der Waals surface area contributed by atoms with E-state index in [0.29, 0.717) is 6.10 Å². The van der Waals surface area contributed by atoms with Crippen LogP contribution in [-0.2, 0) is 4.74 Å². The first kappa shape index (κ1) is 4.60. The summed E-state index contributed by atoms with van der Waals surface area (Å²) >= 11 is 3.30. The Morgan fingerprint density at radius 2 is 2.50 bits per heavy atom. The summed E-state index contributed by atoms with van der Waals surface area (Å²) in [7, 11) is 0. The number of ether oxygens (including phenoxy) is 1. The number of halogens is 1. The molecule has 0 N–H and O–H groups in total. The van der Waals surface area contributed by atoms with Crippen LogP contribution >= 0.6 is 15.9 Å². The van der Waals surface area contributed by atoms with Crippen molar-refractivity contribution in [2.45, 2.75) is 12.5 Å². The molecule has 1 unspecified atom stereocenters. The maximum absolute atomic E-state index is 5.03. The van der Waals surface area contributed by atoms with Gasteiger partial charge in [0.15, 0.2) is 0 Å². The van der Waals surface area contributed by atoms with Gasteiger partial charge in [-0.2, -0.15) is 0 Å². The second kappa shape index (κ2) is 1.94. The summed E-state index contributed by atoms with van der Waals surface area (Å²) in [6.07, 6.45) is 1.77. The molecule has 36 valence electrons. The monoisotopic (exact) mass is 150 g/mol. The number of rotatable bonds is 1. The van der Waals surface area contributed by atoms with Crippen LogP contribution in [0, 0.1) is 0 Å². The molecule has 1 saturated heterocycles. The Bertz CT molecular complexity index is 40.1. The maximum atomic E-state index is 5.03. The van der Waals surface area contributed by atoms with E-state index < -0.39 is 0 Å². The van der Waals surface area contributed by atoms with Gasteiger partial charge in [0, 0.05) is 11.9 Å². The Kier molecular flexibility index (Phi) is 1.48. The van der Waals surface area contributed by atoms with Gasteiger partial charge in [-0.05, 0) is 6.42 Å². The van der Waals surface area contributed by atoms with Crippen LogP contribution in [0.4, 0.5) is 0 Å². The Hall–Kier alpha value is 0.440. The van der Waals surface area contributed by atoms with Crippen LogP contribution in [0.2, 0.25) is 0 Å². The van der Waals surface area contributed by atoms with Gasteiger partial charge in [-0.25, -0.2) is 0 Å². The van der Waals surface area contributed by atoms with E-state index in [1.54, 1.807) is 0 Å². The predicted octanol–water partition coefficient (Wildman–Crippen LogP) is 1.17. The minimum atomic E-state index is 0.532. The molecule has 0 radical (unpaired) electrons. The Morgan fingerprint density at radius 3 is 2.50 bits per heavy atom. The zero-order valence-electron chi connectivity index (χ0n) is 3.48. The first-order valence-electron chi connectivity index (χ1n) is 2.11. The average Bonchev–Trinajstić information content (AvgIpc) is 1.31. The molecule has 0 bridgehead atoms. The summed E-state index contributed by atoms with van der Waals surface area (Å²) in [4.78, 5) is 0. The lowest BCUT2D eigenvalue weighted by Gasteiger charge is -2.23. The lowest BCUT2D eigenvalue weighted by molar-refractivity contribution is -0.0335. The highest BCUT2D eigenvalue weighted by Crippen LogP contribution is 2.11. The van der Waals surface area contributed by atoms with Crippen LogP contribution in [0.3, 0.4) is 0 Å². The van der Waals surface area contributed by atoms with E-state index in [4.69, 9.17) is 4.74 Å². The van der Waals surface area contributed by atoms with Crippen LogP contribution in [0.1, 0.15) is 6.42 Å². The first-order chi connectivity index (χ1) is 2.93. The standard InChI is InChI=1S/C4H7BrO/c5-3-4-1-2-6-4/h4H,1-3H2. The fourth-order valence-corrected chi connectivity index (χ4v) is 0.917. The fraction of sp³-hybridized carbons (Fsp3) is 1.00. The predicted molar refractivity (Wildman–Crippen MR) is 28.2 cm³/mol. The lowest BCUT2D eigenvalue weighted by Crippen LogP contribution is -2.27. The molecule has 0 aromatic carbocycles. The Labute approximate surface area is 45.8 Å². The van der Waals surface area contributed by atoms with E-state index in [9.17, 15) is 0 Å². The molecule has 6 heavy (non-hydrogen) atoms. The van der Waals surface area contributed by atoms with Crippen molar-refractivity contribution in [3.05, 3.63) is 0 Å². The highest BCUT2D eigenvalue weighted by molar-refractivity contribution is 9.09. The molecule has 1 fully saturated rings. The van der Waals surface area contributed by atoms with Crippen LogP contribution in [-0.4, -0.2) is 18.0 Å². The molecule has 1 aliphatic rings. The summed E-state index contributed by atoms with van der Waals surface area (Å²) in [6.45, 7) is 0.969. The summed E-state index contributed by atoms with van der Waals surface area (Å²) in [6, 6.07) is 0. The summed E-state index contributed by atoms with van der Waals surface area (Å²) in [5.74, 6) is 0. The van der Waals surface area contributed by atoms with Crippen molar-refractivity contribution in [2.24, 2.45) is 0 Å². The molecule has 0 saturated carbocycles. The molecule has 0 aromatic rings. The third kappa shape index (κ3) is 0.738. The van der Waals surface area contributed by atoms with Gasteiger partial charge < -0.3 is 4.74 Å².